The summed E-state index contributed by atoms with van der Waals surface area (Å²) < 4.78 is 5.65. The van der Waals surface area contributed by atoms with Gasteiger partial charge in [0.25, 0.3) is 0 Å². The van der Waals surface area contributed by atoms with Crippen molar-refractivity contribution in [3.63, 3.8) is 0 Å². The van der Waals surface area contributed by atoms with Crippen LogP contribution in [0.2, 0.25) is 0 Å². The summed E-state index contributed by atoms with van der Waals surface area (Å²) in [6.07, 6.45) is 0.375. The molecular formula is C20H22N2O2. The van der Waals surface area contributed by atoms with Crippen LogP contribution in [0.1, 0.15) is 16.8 Å². The van der Waals surface area contributed by atoms with Crippen LogP contribution in [0.3, 0.4) is 0 Å². The highest BCUT2D eigenvalue weighted by Gasteiger charge is 2.11. The molecule has 0 aliphatic rings. The monoisotopic (exact) mass is 322 g/mol. The number of benzene rings is 2. The first kappa shape index (κ1) is 16.1. The second kappa shape index (κ2) is 7.21. The smallest absolute Gasteiger partial charge is 0.224 e. The van der Waals surface area contributed by atoms with Crippen molar-refractivity contribution in [1.82, 2.24) is 10.3 Å². The van der Waals surface area contributed by atoms with Crippen LogP contribution in [-0.2, 0) is 11.2 Å². The van der Waals surface area contributed by atoms with E-state index >= 15 is 0 Å². The Morgan fingerprint density at radius 3 is 2.79 bits per heavy atom. The predicted octanol–water partition coefficient (Wildman–Crippen LogP) is 3.52. The number of amides is 1. The Morgan fingerprint density at radius 2 is 1.96 bits per heavy atom. The molecule has 0 aliphatic heterocycles. The van der Waals surface area contributed by atoms with E-state index in [-0.39, 0.29) is 5.91 Å². The highest BCUT2D eigenvalue weighted by atomic mass is 16.5. The van der Waals surface area contributed by atoms with Gasteiger partial charge in [0.2, 0.25) is 5.91 Å². The van der Waals surface area contributed by atoms with E-state index in [0.717, 1.165) is 33.5 Å². The van der Waals surface area contributed by atoms with Crippen molar-refractivity contribution >= 4 is 16.8 Å². The van der Waals surface area contributed by atoms with Crippen LogP contribution >= 0.6 is 0 Å². The number of para-hydroxylation sites is 1. The molecular weight excluding hydrogens is 300 g/mol. The summed E-state index contributed by atoms with van der Waals surface area (Å²) in [6, 6.07) is 15.9. The maximum Gasteiger partial charge on any atom is 0.224 e. The molecule has 0 spiro atoms. The number of hydrogen-bond donors (Lipinski definition) is 2. The topological polar surface area (TPSA) is 54.1 Å². The molecule has 4 heteroatoms. The number of nitrogens with one attached hydrogen (secondary N) is 2. The van der Waals surface area contributed by atoms with E-state index in [2.05, 4.69) is 10.3 Å². The fourth-order valence-corrected chi connectivity index (χ4v) is 2.85. The van der Waals surface area contributed by atoms with Crippen LogP contribution < -0.4 is 10.1 Å². The van der Waals surface area contributed by atoms with Crippen molar-refractivity contribution in [3.05, 3.63) is 65.4 Å². The number of fused-ring (bicyclic) bond motifs is 1. The fraction of sp³-hybridized carbons (Fsp3) is 0.250. The van der Waals surface area contributed by atoms with Crippen LogP contribution in [0.25, 0.3) is 10.9 Å². The molecule has 124 valence electrons. The van der Waals surface area contributed by atoms with Gasteiger partial charge in [-0.05, 0) is 43.2 Å². The Morgan fingerprint density at radius 1 is 1.12 bits per heavy atom. The summed E-state index contributed by atoms with van der Waals surface area (Å²) in [7, 11) is 0. The fourth-order valence-electron chi connectivity index (χ4n) is 2.85. The molecule has 0 radical (unpaired) electrons. The van der Waals surface area contributed by atoms with Crippen LogP contribution in [0.5, 0.6) is 5.75 Å². The van der Waals surface area contributed by atoms with Crippen molar-refractivity contribution in [3.8, 4) is 5.75 Å². The maximum absolute atomic E-state index is 12.2. The number of aromatic amines is 1. The lowest BCUT2D eigenvalue weighted by Gasteiger charge is -2.08. The minimum absolute atomic E-state index is 0.00990. The zero-order valence-corrected chi connectivity index (χ0v) is 14.1. The Hall–Kier alpha value is -2.75. The zero-order valence-electron chi connectivity index (χ0n) is 14.1. The standard InChI is InChI=1S/C20H22N2O2/c1-14-6-5-7-16(12-14)24-11-10-21-20(23)13-18-15(2)22-19-9-4-3-8-17(18)19/h3-9,12,22H,10-11,13H2,1-2H3,(H,21,23). The predicted molar refractivity (Wildman–Crippen MR) is 96.4 cm³/mol. The molecule has 0 aliphatic carbocycles. The lowest BCUT2D eigenvalue weighted by Crippen LogP contribution is -2.29. The first-order chi connectivity index (χ1) is 11.6. The Labute approximate surface area is 141 Å². The summed E-state index contributed by atoms with van der Waals surface area (Å²) in [6.45, 7) is 4.98. The van der Waals surface area contributed by atoms with Gasteiger partial charge < -0.3 is 15.0 Å². The van der Waals surface area contributed by atoms with Crippen LogP contribution in [0.4, 0.5) is 0 Å². The quantitative estimate of drug-likeness (QED) is 0.682. The number of rotatable bonds is 6. The van der Waals surface area contributed by atoms with Crippen molar-refractivity contribution < 1.29 is 9.53 Å². The second-order valence-corrected chi connectivity index (χ2v) is 5.97. The molecule has 1 amide bonds. The van der Waals surface area contributed by atoms with Crippen molar-refractivity contribution in [1.29, 1.82) is 0 Å². The van der Waals surface area contributed by atoms with Gasteiger partial charge in [-0.2, -0.15) is 0 Å². The highest BCUT2D eigenvalue weighted by molar-refractivity contribution is 5.90. The highest BCUT2D eigenvalue weighted by Crippen LogP contribution is 2.22. The molecule has 1 aromatic heterocycles. The lowest BCUT2D eigenvalue weighted by atomic mass is 10.1. The van der Waals surface area contributed by atoms with E-state index in [0.29, 0.717) is 19.6 Å². The molecule has 3 aromatic rings. The van der Waals surface area contributed by atoms with Gasteiger partial charge in [0.15, 0.2) is 0 Å². The molecule has 2 N–H and O–H groups in total. The second-order valence-electron chi connectivity index (χ2n) is 5.97. The van der Waals surface area contributed by atoms with Gasteiger partial charge in [-0.15, -0.1) is 0 Å². The number of aryl methyl sites for hydroxylation is 2. The third kappa shape index (κ3) is 3.77. The normalized spacial score (nSPS) is 10.8. The van der Waals surface area contributed by atoms with E-state index in [1.54, 1.807) is 0 Å². The number of carbonyl (C=O) groups is 1. The van der Waals surface area contributed by atoms with Crippen molar-refractivity contribution in [2.45, 2.75) is 20.3 Å². The molecule has 0 fully saturated rings. The summed E-state index contributed by atoms with van der Waals surface area (Å²) in [5.41, 5.74) is 4.33. The minimum atomic E-state index is 0.00990. The van der Waals surface area contributed by atoms with Crippen LogP contribution in [-0.4, -0.2) is 24.0 Å². The van der Waals surface area contributed by atoms with Gasteiger partial charge in [0.1, 0.15) is 12.4 Å². The summed E-state index contributed by atoms with van der Waals surface area (Å²) >= 11 is 0. The number of hydrogen-bond acceptors (Lipinski definition) is 2. The van der Waals surface area contributed by atoms with Gasteiger partial charge in [0.05, 0.1) is 13.0 Å². The van der Waals surface area contributed by atoms with Gasteiger partial charge in [-0.25, -0.2) is 0 Å². The average Bonchev–Trinajstić information content (AvgIpc) is 2.88. The molecule has 0 saturated heterocycles. The molecule has 3 rings (SSSR count). The van der Waals surface area contributed by atoms with Crippen molar-refractivity contribution in [2.24, 2.45) is 0 Å². The van der Waals surface area contributed by atoms with Gasteiger partial charge in [-0.3, -0.25) is 4.79 Å². The van der Waals surface area contributed by atoms with Crippen molar-refractivity contribution in [2.75, 3.05) is 13.2 Å². The lowest BCUT2D eigenvalue weighted by molar-refractivity contribution is -0.120. The number of aromatic nitrogens is 1. The first-order valence-electron chi connectivity index (χ1n) is 8.16. The van der Waals surface area contributed by atoms with Gasteiger partial charge in [-0.1, -0.05) is 30.3 Å². The minimum Gasteiger partial charge on any atom is -0.492 e. The largest absolute Gasteiger partial charge is 0.492 e. The van der Waals surface area contributed by atoms with Crippen LogP contribution in [0.15, 0.2) is 48.5 Å². The SMILES string of the molecule is Cc1cccc(OCCNC(=O)Cc2c(C)[nH]c3ccccc23)c1. The van der Waals surface area contributed by atoms with Gasteiger partial charge in [0, 0.05) is 16.6 Å². The molecule has 24 heavy (non-hydrogen) atoms. The number of ether oxygens (including phenoxy) is 1. The Balaban J connectivity index is 1.51. The molecule has 2 aromatic carbocycles. The number of carbonyl (C=O) groups excluding carboxylic acids is 1. The molecule has 1 heterocycles. The van der Waals surface area contributed by atoms with E-state index in [1.165, 1.54) is 0 Å². The van der Waals surface area contributed by atoms with Crippen LogP contribution in [0, 0.1) is 13.8 Å². The molecule has 4 nitrogen and oxygen atoms in total. The molecule has 0 atom stereocenters. The van der Waals surface area contributed by atoms with E-state index in [4.69, 9.17) is 4.74 Å². The summed E-state index contributed by atoms with van der Waals surface area (Å²) in [5.74, 6) is 0.840. The average molecular weight is 322 g/mol. The Kier molecular flexibility index (Phi) is 4.85. The molecule has 0 bridgehead atoms. The number of H-pyrrole nitrogens is 1. The van der Waals surface area contributed by atoms with Gasteiger partial charge >= 0.3 is 0 Å². The maximum atomic E-state index is 12.2. The molecule has 0 unspecified atom stereocenters. The summed E-state index contributed by atoms with van der Waals surface area (Å²) in [5, 5.41) is 4.03. The third-order valence-electron chi connectivity index (χ3n) is 4.05. The Bertz CT molecular complexity index is 852. The first-order valence-corrected chi connectivity index (χ1v) is 8.16. The van der Waals surface area contributed by atoms with E-state index < -0.39 is 0 Å². The van der Waals surface area contributed by atoms with E-state index in [9.17, 15) is 4.79 Å². The van der Waals surface area contributed by atoms with E-state index in [1.807, 2.05) is 62.4 Å². The summed E-state index contributed by atoms with van der Waals surface area (Å²) in [4.78, 5) is 15.5. The zero-order chi connectivity index (χ0) is 16.9. The third-order valence-corrected chi connectivity index (χ3v) is 4.05. The molecule has 0 saturated carbocycles.